The van der Waals surface area contributed by atoms with Gasteiger partial charge in [0.1, 0.15) is 0 Å². The summed E-state index contributed by atoms with van der Waals surface area (Å²) < 4.78 is 0. The number of anilines is 1. The van der Waals surface area contributed by atoms with Gasteiger partial charge in [0, 0.05) is 30.9 Å². The van der Waals surface area contributed by atoms with E-state index in [0.29, 0.717) is 6.04 Å². The molecule has 0 radical (unpaired) electrons. The van der Waals surface area contributed by atoms with Crippen LogP contribution in [0.2, 0.25) is 0 Å². The number of nitrogens with zero attached hydrogens (tertiary/aromatic N) is 2. The zero-order valence-electron chi connectivity index (χ0n) is 11.2. The second-order valence-corrected chi connectivity index (χ2v) is 5.65. The lowest BCUT2D eigenvalue weighted by Crippen LogP contribution is -2.51. The summed E-state index contributed by atoms with van der Waals surface area (Å²) in [5, 5.41) is 9.27. The SMILES string of the molecule is CN(c1ccccc1)C1C[C@H]2CC[C@@H](C1)N2C(=O)O. The van der Waals surface area contributed by atoms with E-state index in [4.69, 9.17) is 0 Å². The molecule has 2 bridgehead atoms. The quantitative estimate of drug-likeness (QED) is 0.889. The molecule has 1 unspecified atom stereocenters. The highest BCUT2D eigenvalue weighted by Crippen LogP contribution is 2.38. The molecule has 19 heavy (non-hydrogen) atoms. The molecule has 1 N–H and O–H groups in total. The number of para-hydroxylation sites is 1. The van der Waals surface area contributed by atoms with E-state index in [9.17, 15) is 9.90 Å². The predicted octanol–water partition coefficient (Wildman–Crippen LogP) is 2.80. The van der Waals surface area contributed by atoms with Crippen LogP contribution < -0.4 is 4.90 Å². The van der Waals surface area contributed by atoms with E-state index in [1.165, 1.54) is 5.69 Å². The van der Waals surface area contributed by atoms with E-state index in [-0.39, 0.29) is 12.1 Å². The molecular formula is C15H20N2O2. The van der Waals surface area contributed by atoms with Crippen LogP contribution in [0.5, 0.6) is 0 Å². The number of piperidine rings is 1. The summed E-state index contributed by atoms with van der Waals surface area (Å²) in [6.07, 6.45) is 3.21. The fourth-order valence-electron chi connectivity index (χ4n) is 3.65. The van der Waals surface area contributed by atoms with Crippen LogP contribution in [0.15, 0.2) is 30.3 Å². The molecule has 1 aromatic carbocycles. The van der Waals surface area contributed by atoms with Crippen LogP contribution in [0, 0.1) is 0 Å². The van der Waals surface area contributed by atoms with E-state index < -0.39 is 6.09 Å². The van der Waals surface area contributed by atoms with Crippen molar-refractivity contribution in [3.8, 4) is 0 Å². The third-order valence-corrected chi connectivity index (χ3v) is 4.64. The summed E-state index contributed by atoms with van der Waals surface area (Å²) in [5.41, 5.74) is 1.22. The largest absolute Gasteiger partial charge is 0.465 e. The van der Waals surface area contributed by atoms with Crippen molar-refractivity contribution in [3.05, 3.63) is 30.3 Å². The Hall–Kier alpha value is -1.71. The van der Waals surface area contributed by atoms with Gasteiger partial charge in [-0.05, 0) is 37.8 Å². The number of carboxylic acid groups (broad SMARTS) is 1. The molecule has 0 aromatic heterocycles. The number of benzene rings is 1. The average Bonchev–Trinajstić information content (AvgIpc) is 2.70. The molecule has 1 aromatic rings. The summed E-state index contributed by atoms with van der Waals surface area (Å²) in [6, 6.07) is 11.2. The summed E-state index contributed by atoms with van der Waals surface area (Å²) in [4.78, 5) is 15.3. The first-order valence-electron chi connectivity index (χ1n) is 6.96. The molecule has 2 fully saturated rings. The average molecular weight is 260 g/mol. The molecule has 2 aliphatic rings. The van der Waals surface area contributed by atoms with Gasteiger partial charge in [0.25, 0.3) is 0 Å². The Morgan fingerprint density at radius 3 is 2.32 bits per heavy atom. The van der Waals surface area contributed by atoms with E-state index >= 15 is 0 Å². The van der Waals surface area contributed by atoms with Gasteiger partial charge < -0.3 is 14.9 Å². The highest BCUT2D eigenvalue weighted by Gasteiger charge is 2.44. The minimum Gasteiger partial charge on any atom is -0.465 e. The number of rotatable bonds is 2. The lowest BCUT2D eigenvalue weighted by molar-refractivity contribution is 0.0966. The normalized spacial score (nSPS) is 29.3. The van der Waals surface area contributed by atoms with Gasteiger partial charge in [-0.3, -0.25) is 0 Å². The molecule has 0 aliphatic carbocycles. The van der Waals surface area contributed by atoms with E-state index in [1.54, 1.807) is 4.90 Å². The Morgan fingerprint density at radius 1 is 1.21 bits per heavy atom. The van der Waals surface area contributed by atoms with Gasteiger partial charge in [-0.25, -0.2) is 4.79 Å². The van der Waals surface area contributed by atoms with Gasteiger partial charge >= 0.3 is 6.09 Å². The van der Waals surface area contributed by atoms with Crippen molar-refractivity contribution >= 4 is 11.8 Å². The first-order valence-corrected chi connectivity index (χ1v) is 6.96. The van der Waals surface area contributed by atoms with Gasteiger partial charge in [0.2, 0.25) is 0 Å². The molecule has 2 aliphatic heterocycles. The van der Waals surface area contributed by atoms with Crippen molar-refractivity contribution in [2.24, 2.45) is 0 Å². The van der Waals surface area contributed by atoms with Gasteiger partial charge in [-0.15, -0.1) is 0 Å². The Bertz CT molecular complexity index is 448. The zero-order chi connectivity index (χ0) is 13.4. The third-order valence-electron chi connectivity index (χ3n) is 4.64. The van der Waals surface area contributed by atoms with Crippen LogP contribution >= 0.6 is 0 Å². The number of hydrogen-bond donors (Lipinski definition) is 1. The maximum atomic E-state index is 11.3. The van der Waals surface area contributed by atoms with Crippen LogP contribution in [0.4, 0.5) is 10.5 Å². The van der Waals surface area contributed by atoms with E-state index in [2.05, 4.69) is 24.1 Å². The highest BCUT2D eigenvalue weighted by atomic mass is 16.4. The second-order valence-electron chi connectivity index (χ2n) is 5.65. The van der Waals surface area contributed by atoms with Crippen molar-refractivity contribution in [1.29, 1.82) is 0 Å². The molecule has 3 atom stereocenters. The van der Waals surface area contributed by atoms with Crippen molar-refractivity contribution in [1.82, 2.24) is 4.90 Å². The zero-order valence-corrected chi connectivity index (χ0v) is 11.2. The standard InChI is InChI=1S/C15H20N2O2/c1-16(11-5-3-2-4-6-11)14-9-12-7-8-13(10-14)17(12)15(18)19/h2-6,12-14H,7-10H2,1H3,(H,18,19)/t12-,13+,14?. The monoisotopic (exact) mass is 260 g/mol. The molecule has 0 spiro atoms. The fraction of sp³-hybridized carbons (Fsp3) is 0.533. The van der Waals surface area contributed by atoms with Gasteiger partial charge in [-0.1, -0.05) is 18.2 Å². The van der Waals surface area contributed by atoms with Gasteiger partial charge in [0.05, 0.1) is 0 Å². The molecule has 102 valence electrons. The first kappa shape index (κ1) is 12.3. The van der Waals surface area contributed by atoms with Crippen molar-refractivity contribution < 1.29 is 9.90 Å². The number of fused-ring (bicyclic) bond motifs is 2. The molecule has 4 nitrogen and oxygen atoms in total. The summed E-state index contributed by atoms with van der Waals surface area (Å²) in [7, 11) is 2.12. The minimum absolute atomic E-state index is 0.215. The van der Waals surface area contributed by atoms with Crippen molar-refractivity contribution in [3.63, 3.8) is 0 Å². The van der Waals surface area contributed by atoms with Crippen LogP contribution in [-0.4, -0.2) is 41.3 Å². The first-order chi connectivity index (χ1) is 9.16. The lowest BCUT2D eigenvalue weighted by Gasteiger charge is -2.41. The molecule has 0 saturated carbocycles. The Balaban J connectivity index is 1.74. The fourth-order valence-corrected chi connectivity index (χ4v) is 3.65. The minimum atomic E-state index is -0.742. The van der Waals surface area contributed by atoms with Crippen LogP contribution in [0.3, 0.4) is 0 Å². The lowest BCUT2D eigenvalue weighted by atomic mass is 9.96. The molecule has 2 saturated heterocycles. The summed E-state index contributed by atoms with van der Waals surface area (Å²) in [6.45, 7) is 0. The van der Waals surface area contributed by atoms with Gasteiger partial charge in [0.15, 0.2) is 0 Å². The summed E-state index contributed by atoms with van der Waals surface area (Å²) in [5.74, 6) is 0. The number of hydrogen-bond acceptors (Lipinski definition) is 2. The maximum Gasteiger partial charge on any atom is 0.407 e. The second kappa shape index (κ2) is 4.76. The number of carbonyl (C=O) groups is 1. The third kappa shape index (κ3) is 2.15. The predicted molar refractivity (Wildman–Crippen MR) is 74.5 cm³/mol. The van der Waals surface area contributed by atoms with Crippen LogP contribution in [0.1, 0.15) is 25.7 Å². The smallest absolute Gasteiger partial charge is 0.407 e. The topological polar surface area (TPSA) is 43.8 Å². The Kier molecular flexibility index (Phi) is 3.09. The van der Waals surface area contributed by atoms with E-state index in [0.717, 1.165) is 25.7 Å². The Labute approximate surface area is 113 Å². The highest BCUT2D eigenvalue weighted by molar-refractivity contribution is 5.66. The molecule has 2 heterocycles. The van der Waals surface area contributed by atoms with Crippen molar-refractivity contribution in [2.75, 3.05) is 11.9 Å². The van der Waals surface area contributed by atoms with Gasteiger partial charge in [-0.2, -0.15) is 0 Å². The molecule has 1 amide bonds. The molecular weight excluding hydrogens is 240 g/mol. The molecule has 4 heteroatoms. The van der Waals surface area contributed by atoms with Crippen molar-refractivity contribution in [2.45, 2.75) is 43.8 Å². The number of amides is 1. The summed E-state index contributed by atoms with van der Waals surface area (Å²) >= 11 is 0. The van der Waals surface area contributed by atoms with E-state index in [1.807, 2.05) is 18.2 Å². The van der Waals surface area contributed by atoms with Crippen LogP contribution in [0.25, 0.3) is 0 Å². The Morgan fingerprint density at radius 2 is 1.79 bits per heavy atom. The molecule has 3 rings (SSSR count). The maximum absolute atomic E-state index is 11.3. The van der Waals surface area contributed by atoms with Crippen LogP contribution in [-0.2, 0) is 0 Å².